The van der Waals surface area contributed by atoms with Gasteiger partial charge in [0.05, 0.1) is 27.6 Å². The quantitative estimate of drug-likeness (QED) is 0.0509. The molecule has 23 heteroatoms. The van der Waals surface area contributed by atoms with Crippen molar-refractivity contribution in [3.63, 3.8) is 0 Å². The van der Waals surface area contributed by atoms with Crippen molar-refractivity contribution >= 4 is 86.0 Å². The fraction of sp³-hybridized carbons (Fsp3) is 0.0588. The maximum Gasteiger partial charge on any atom is 1.00 e. The van der Waals surface area contributed by atoms with E-state index in [4.69, 9.17) is 11.5 Å². The molecule has 6 N–H and O–H groups in total. The Hall–Kier alpha value is -3.03. The molecule has 6 aromatic carbocycles. The molecule has 0 heterocycles. The first-order chi connectivity index (χ1) is 25.1. The minimum Gasteiger partial charge on any atom is -0.871 e. The van der Waals surface area contributed by atoms with Gasteiger partial charge in [0, 0.05) is 11.4 Å². The van der Waals surface area contributed by atoms with Crippen molar-refractivity contribution in [2.24, 2.45) is 20.5 Å². The van der Waals surface area contributed by atoms with Crippen molar-refractivity contribution in [2.45, 2.75) is 28.5 Å². The van der Waals surface area contributed by atoms with Gasteiger partial charge in [-0.1, -0.05) is 29.7 Å². The number of nitrogen functional groups attached to an aromatic ring is 2. The first kappa shape index (κ1) is 48.3. The van der Waals surface area contributed by atoms with Crippen molar-refractivity contribution in [3.8, 4) is 22.6 Å². The average Bonchev–Trinajstić information content (AvgIpc) is 3.06. The van der Waals surface area contributed by atoms with Crippen LogP contribution in [0.3, 0.4) is 0 Å². The summed E-state index contributed by atoms with van der Waals surface area (Å²) in [5, 5.41) is 42.0. The molecule has 0 aliphatic rings. The van der Waals surface area contributed by atoms with Gasteiger partial charge in [-0.3, -0.25) is 9.11 Å². The summed E-state index contributed by atoms with van der Waals surface area (Å²) in [7, 11) is -15.0. The Kier molecular flexibility index (Phi) is 15.3. The number of nitrogens with zero attached hydrogens (tertiary/aromatic N) is 4. The number of hydrogen-bond donors (Lipinski definition) is 4. The van der Waals surface area contributed by atoms with E-state index in [0.29, 0.717) is 22.3 Å². The van der Waals surface area contributed by atoms with Crippen molar-refractivity contribution in [1.82, 2.24) is 0 Å². The SMILES string of the molecule is Cc1cc(-c2ccc(N=Nc3c(S(=O)(=O)O)cc4cc(S(=O)(=O)[O-])cc(N)c4c3[O-])c(C)c2)ccc1N=Nc1c(S(=O)(=O)O)cc2cc(N)ccc2c1[O-].[Na+].[Na+].[Na+]. The third-order valence-corrected chi connectivity index (χ3v) is 10.8. The van der Waals surface area contributed by atoms with Crippen LogP contribution in [0.4, 0.5) is 34.1 Å². The van der Waals surface area contributed by atoms with Gasteiger partial charge in [0.15, 0.2) is 0 Å². The van der Waals surface area contributed by atoms with Crippen LogP contribution in [0.2, 0.25) is 0 Å². The predicted molar refractivity (Wildman–Crippen MR) is 193 cm³/mol. The van der Waals surface area contributed by atoms with Crippen LogP contribution in [0.1, 0.15) is 11.1 Å². The van der Waals surface area contributed by atoms with Crippen LogP contribution in [0.25, 0.3) is 32.7 Å². The van der Waals surface area contributed by atoms with Gasteiger partial charge in [0.25, 0.3) is 20.2 Å². The first-order valence-corrected chi connectivity index (χ1v) is 19.5. The maximum absolute atomic E-state index is 13.3. The Morgan fingerprint density at radius 1 is 0.579 bits per heavy atom. The van der Waals surface area contributed by atoms with E-state index in [9.17, 15) is 49.1 Å². The summed E-state index contributed by atoms with van der Waals surface area (Å²) in [4.78, 5) is -2.53. The van der Waals surface area contributed by atoms with Gasteiger partial charge in [0.2, 0.25) is 0 Å². The Labute approximate surface area is 392 Å². The minimum atomic E-state index is -5.11. The maximum atomic E-state index is 13.3. The fourth-order valence-corrected chi connectivity index (χ4v) is 7.51. The monoisotopic (exact) mass is 858 g/mol. The molecule has 57 heavy (non-hydrogen) atoms. The summed E-state index contributed by atoms with van der Waals surface area (Å²) < 4.78 is 103. The van der Waals surface area contributed by atoms with E-state index in [1.807, 2.05) is 0 Å². The summed E-state index contributed by atoms with van der Waals surface area (Å²) in [6.07, 6.45) is 0. The van der Waals surface area contributed by atoms with Crippen LogP contribution < -0.4 is 110 Å². The molecule has 0 radical (unpaired) electrons. The topological polar surface area (TPSA) is 314 Å². The van der Waals surface area contributed by atoms with Gasteiger partial charge in [-0.15, -0.1) is 10.2 Å². The van der Waals surface area contributed by atoms with Gasteiger partial charge in [-0.25, -0.2) is 8.42 Å². The summed E-state index contributed by atoms with van der Waals surface area (Å²) in [5.41, 5.74) is 13.0. The molecule has 0 aliphatic heterocycles. The second-order valence-corrected chi connectivity index (χ2v) is 16.2. The van der Waals surface area contributed by atoms with Crippen LogP contribution in [-0.2, 0) is 30.4 Å². The number of benzene rings is 6. The van der Waals surface area contributed by atoms with Crippen LogP contribution in [0.5, 0.6) is 11.5 Å². The summed E-state index contributed by atoms with van der Waals surface area (Å²) in [5.74, 6) is -1.87. The number of anilines is 2. The zero-order valence-corrected chi connectivity index (χ0v) is 39.2. The normalized spacial score (nSPS) is 12.1. The molecule has 0 bridgehead atoms. The van der Waals surface area contributed by atoms with Crippen molar-refractivity contribution in [2.75, 3.05) is 11.5 Å². The standard InChI is InChI=1S/C34H28N6O11S3.3Na/c1-16-9-18(3-7-26(16)37-39-31-28(53(46,47)48)13-20-11-22(35)5-6-24(20)33(31)41)19-4-8-27(17(2)10-19)38-40-32-29(54(49,50)51)14-21-12-23(52(43,44)45)15-25(36)30(21)34(32)42;;;/h3-15,41-42H,35-36H2,1-2H3,(H,43,44,45)(H,46,47,48)(H,49,50,51);;;/q;3*+1/p-3. The number of hydrogen-bond acceptors (Lipinski definition) is 15. The molecule has 0 aliphatic carbocycles. The molecule has 6 aromatic rings. The van der Waals surface area contributed by atoms with Gasteiger partial charge < -0.3 is 26.2 Å². The van der Waals surface area contributed by atoms with Gasteiger partial charge in [-0.2, -0.15) is 27.1 Å². The number of rotatable bonds is 8. The van der Waals surface area contributed by atoms with E-state index in [0.717, 1.165) is 24.3 Å². The zero-order chi connectivity index (χ0) is 39.5. The Morgan fingerprint density at radius 3 is 1.51 bits per heavy atom. The number of aryl methyl sites for hydroxylation is 2. The average molecular weight is 859 g/mol. The first-order valence-electron chi connectivity index (χ1n) is 15.2. The summed E-state index contributed by atoms with van der Waals surface area (Å²) >= 11 is 0. The Morgan fingerprint density at radius 2 is 1.05 bits per heavy atom. The second kappa shape index (κ2) is 18.1. The fourth-order valence-electron chi connectivity index (χ4n) is 5.66. The van der Waals surface area contributed by atoms with Gasteiger partial charge >= 0.3 is 88.7 Å². The molecular formula is C34H25N6Na3O11S3. The van der Waals surface area contributed by atoms with Crippen molar-refractivity contribution in [3.05, 3.63) is 90.0 Å². The zero-order valence-electron chi connectivity index (χ0n) is 30.7. The molecule has 0 saturated heterocycles. The minimum absolute atomic E-state index is 0. The summed E-state index contributed by atoms with van der Waals surface area (Å²) in [6, 6.07) is 17.5. The number of nitrogens with two attached hydrogens (primary N) is 2. The molecule has 0 unspecified atom stereocenters. The molecule has 0 aromatic heterocycles. The Bertz CT molecular complexity index is 3000. The van der Waals surface area contributed by atoms with Gasteiger partial charge in [-0.05, 0) is 118 Å². The van der Waals surface area contributed by atoms with Crippen LogP contribution in [-0.4, -0.2) is 38.9 Å². The molecule has 0 fully saturated rings. The van der Waals surface area contributed by atoms with Crippen molar-refractivity contribution < 1.29 is 138 Å². The van der Waals surface area contributed by atoms with E-state index in [1.54, 1.807) is 44.2 Å². The molecule has 0 saturated carbocycles. The smallest absolute Gasteiger partial charge is 0.871 e. The second-order valence-electron chi connectivity index (χ2n) is 12.0. The summed E-state index contributed by atoms with van der Waals surface area (Å²) in [6.45, 7) is 3.35. The van der Waals surface area contributed by atoms with Crippen LogP contribution in [0, 0.1) is 13.8 Å². The van der Waals surface area contributed by atoms with E-state index < -0.39 is 73.6 Å². The van der Waals surface area contributed by atoms with Gasteiger partial charge in [0.1, 0.15) is 19.9 Å². The van der Waals surface area contributed by atoms with Crippen molar-refractivity contribution in [1.29, 1.82) is 0 Å². The van der Waals surface area contributed by atoms with E-state index in [1.165, 1.54) is 24.3 Å². The van der Waals surface area contributed by atoms with E-state index in [-0.39, 0.29) is 127 Å². The van der Waals surface area contributed by atoms with Crippen LogP contribution in [0.15, 0.2) is 114 Å². The molecule has 0 amide bonds. The van der Waals surface area contributed by atoms with E-state index >= 15 is 0 Å². The van der Waals surface area contributed by atoms with E-state index in [2.05, 4.69) is 20.5 Å². The molecular weight excluding hydrogens is 834 g/mol. The number of fused-ring (bicyclic) bond motifs is 2. The third kappa shape index (κ3) is 10.2. The third-order valence-electron chi connectivity index (χ3n) is 8.28. The van der Waals surface area contributed by atoms with Crippen LogP contribution >= 0.6 is 0 Å². The predicted octanol–water partition coefficient (Wildman–Crippen LogP) is -3.17. The largest absolute Gasteiger partial charge is 1.00 e. The molecule has 6 rings (SSSR count). The Balaban J connectivity index is 0.00000290. The molecule has 0 spiro atoms. The molecule has 17 nitrogen and oxygen atoms in total. The molecule has 278 valence electrons. The number of azo groups is 2. The molecule has 0 atom stereocenters.